The highest BCUT2D eigenvalue weighted by molar-refractivity contribution is 5.33. The van der Waals surface area contributed by atoms with Crippen molar-refractivity contribution in [3.63, 3.8) is 0 Å². The van der Waals surface area contributed by atoms with Gasteiger partial charge in [0, 0.05) is 44.5 Å². The maximum absolute atomic E-state index is 12.3. The number of hydrogen-bond acceptors (Lipinski definition) is 3. The van der Waals surface area contributed by atoms with Gasteiger partial charge in [0.05, 0.1) is 0 Å². The summed E-state index contributed by atoms with van der Waals surface area (Å²) >= 11 is 0. The summed E-state index contributed by atoms with van der Waals surface area (Å²) in [7, 11) is 1.90. The molecule has 1 N–H and O–H groups in total. The van der Waals surface area contributed by atoms with Gasteiger partial charge in [-0.3, -0.25) is 0 Å². The molecule has 2 aromatic rings. The first-order chi connectivity index (χ1) is 9.96. The highest BCUT2D eigenvalue weighted by Crippen LogP contribution is 2.25. The number of para-hydroxylation sites is 1. The van der Waals surface area contributed by atoms with E-state index in [1.807, 2.05) is 17.8 Å². The standard InChI is InChI=1S/C14H16F3N3O/c1-20-9-8-19-13(20)6-7-18-10-11-4-2-3-5-12(11)21-14(15,16)17/h2-5,8-9,18H,6-7,10H2,1H3. The Morgan fingerprint density at radius 3 is 2.71 bits per heavy atom. The number of benzene rings is 1. The third kappa shape index (κ3) is 4.78. The van der Waals surface area contributed by atoms with Crippen LogP contribution in [0.15, 0.2) is 36.7 Å². The molecule has 0 saturated carbocycles. The number of halogens is 3. The van der Waals surface area contributed by atoms with Gasteiger partial charge >= 0.3 is 6.36 Å². The van der Waals surface area contributed by atoms with Crippen molar-refractivity contribution < 1.29 is 17.9 Å². The molecule has 1 heterocycles. The highest BCUT2D eigenvalue weighted by Gasteiger charge is 2.31. The summed E-state index contributed by atoms with van der Waals surface area (Å²) in [6.07, 6.45) is -0.418. The van der Waals surface area contributed by atoms with Crippen LogP contribution in [0.4, 0.5) is 13.2 Å². The number of rotatable bonds is 6. The highest BCUT2D eigenvalue weighted by atomic mass is 19.4. The van der Waals surface area contributed by atoms with Crippen LogP contribution in [0.5, 0.6) is 5.75 Å². The summed E-state index contributed by atoms with van der Waals surface area (Å²) in [4.78, 5) is 4.18. The van der Waals surface area contributed by atoms with Gasteiger partial charge in [-0.05, 0) is 6.07 Å². The summed E-state index contributed by atoms with van der Waals surface area (Å²) in [5.41, 5.74) is 0.467. The predicted molar refractivity (Wildman–Crippen MR) is 71.7 cm³/mol. The third-order valence-electron chi connectivity index (χ3n) is 2.96. The lowest BCUT2D eigenvalue weighted by Crippen LogP contribution is -2.21. The molecule has 114 valence electrons. The molecule has 0 atom stereocenters. The molecule has 0 aliphatic carbocycles. The van der Waals surface area contributed by atoms with Crippen molar-refractivity contribution in [3.05, 3.63) is 48.0 Å². The van der Waals surface area contributed by atoms with Gasteiger partial charge in [-0.25, -0.2) is 4.98 Å². The lowest BCUT2D eigenvalue weighted by Gasteiger charge is -2.13. The zero-order valence-corrected chi connectivity index (χ0v) is 11.5. The molecule has 0 radical (unpaired) electrons. The Kier molecular flexibility index (Phi) is 4.85. The molecule has 0 aliphatic rings. The van der Waals surface area contributed by atoms with Gasteiger partial charge in [0.25, 0.3) is 0 Å². The quantitative estimate of drug-likeness (QED) is 0.834. The Bertz CT molecular complexity index is 581. The van der Waals surface area contributed by atoms with Gasteiger partial charge < -0.3 is 14.6 Å². The first kappa shape index (κ1) is 15.4. The molecular weight excluding hydrogens is 283 g/mol. The Morgan fingerprint density at radius 2 is 2.05 bits per heavy atom. The Hall–Kier alpha value is -2.02. The average molecular weight is 299 g/mol. The smallest absolute Gasteiger partial charge is 0.405 e. The van der Waals surface area contributed by atoms with Crippen LogP contribution in [0.2, 0.25) is 0 Å². The maximum Gasteiger partial charge on any atom is 0.573 e. The molecule has 0 spiro atoms. The number of aromatic nitrogens is 2. The van der Waals surface area contributed by atoms with E-state index < -0.39 is 6.36 Å². The number of nitrogens with zero attached hydrogens (tertiary/aromatic N) is 2. The first-order valence-corrected chi connectivity index (χ1v) is 6.46. The second-order valence-electron chi connectivity index (χ2n) is 4.54. The lowest BCUT2D eigenvalue weighted by molar-refractivity contribution is -0.274. The summed E-state index contributed by atoms with van der Waals surface area (Å²) < 4.78 is 42.8. The summed E-state index contributed by atoms with van der Waals surface area (Å²) in [6, 6.07) is 6.11. The monoisotopic (exact) mass is 299 g/mol. The van der Waals surface area contributed by atoms with E-state index in [0.717, 1.165) is 5.82 Å². The van der Waals surface area contributed by atoms with Crippen molar-refractivity contribution in [3.8, 4) is 5.75 Å². The molecule has 0 unspecified atom stereocenters. The fraction of sp³-hybridized carbons (Fsp3) is 0.357. The van der Waals surface area contributed by atoms with E-state index in [9.17, 15) is 13.2 Å². The third-order valence-corrected chi connectivity index (χ3v) is 2.96. The largest absolute Gasteiger partial charge is 0.573 e. The number of ether oxygens (including phenoxy) is 1. The van der Waals surface area contributed by atoms with Crippen molar-refractivity contribution in [1.29, 1.82) is 0 Å². The van der Waals surface area contributed by atoms with Crippen molar-refractivity contribution in [2.45, 2.75) is 19.3 Å². The van der Waals surface area contributed by atoms with Gasteiger partial charge in [0.1, 0.15) is 11.6 Å². The number of imidazole rings is 1. The molecule has 1 aromatic heterocycles. The Morgan fingerprint density at radius 1 is 1.29 bits per heavy atom. The molecule has 0 saturated heterocycles. The van der Waals surface area contributed by atoms with E-state index in [1.54, 1.807) is 18.3 Å². The van der Waals surface area contributed by atoms with Crippen LogP contribution in [-0.2, 0) is 20.0 Å². The normalized spacial score (nSPS) is 11.6. The van der Waals surface area contributed by atoms with Crippen LogP contribution in [0, 0.1) is 0 Å². The Labute approximate surface area is 120 Å². The molecule has 0 aliphatic heterocycles. The number of alkyl halides is 3. The van der Waals surface area contributed by atoms with Crippen LogP contribution in [-0.4, -0.2) is 22.5 Å². The van der Waals surface area contributed by atoms with Crippen LogP contribution in [0.3, 0.4) is 0 Å². The summed E-state index contributed by atoms with van der Waals surface area (Å²) in [5, 5.41) is 3.09. The van der Waals surface area contributed by atoms with Gasteiger partial charge in [-0.15, -0.1) is 13.2 Å². The fourth-order valence-corrected chi connectivity index (χ4v) is 1.93. The zero-order valence-electron chi connectivity index (χ0n) is 11.5. The molecule has 1 aromatic carbocycles. The van der Waals surface area contributed by atoms with Gasteiger partial charge in [-0.2, -0.15) is 0 Å². The maximum atomic E-state index is 12.3. The van der Waals surface area contributed by atoms with E-state index in [4.69, 9.17) is 0 Å². The van der Waals surface area contributed by atoms with Crippen molar-refractivity contribution >= 4 is 0 Å². The number of aryl methyl sites for hydroxylation is 1. The van der Waals surface area contributed by atoms with Crippen molar-refractivity contribution in [1.82, 2.24) is 14.9 Å². The fourth-order valence-electron chi connectivity index (χ4n) is 1.93. The molecule has 0 bridgehead atoms. The minimum absolute atomic E-state index is 0.172. The summed E-state index contributed by atoms with van der Waals surface area (Å²) in [6.45, 7) is 0.919. The second-order valence-corrected chi connectivity index (χ2v) is 4.54. The lowest BCUT2D eigenvalue weighted by atomic mass is 10.2. The van der Waals surface area contributed by atoms with Gasteiger partial charge in [0.2, 0.25) is 0 Å². The molecular formula is C14H16F3N3O. The van der Waals surface area contributed by atoms with Gasteiger partial charge in [-0.1, -0.05) is 18.2 Å². The molecule has 0 fully saturated rings. The van der Waals surface area contributed by atoms with Gasteiger partial charge in [0.15, 0.2) is 0 Å². The van der Waals surface area contributed by atoms with E-state index in [1.165, 1.54) is 12.1 Å². The van der Waals surface area contributed by atoms with Crippen LogP contribution in [0.25, 0.3) is 0 Å². The van der Waals surface area contributed by atoms with E-state index in [-0.39, 0.29) is 5.75 Å². The topological polar surface area (TPSA) is 39.1 Å². The van der Waals surface area contributed by atoms with Crippen molar-refractivity contribution in [2.24, 2.45) is 7.05 Å². The van der Waals surface area contributed by atoms with E-state index in [2.05, 4.69) is 15.0 Å². The minimum atomic E-state index is -4.68. The number of nitrogens with one attached hydrogen (secondary N) is 1. The molecule has 21 heavy (non-hydrogen) atoms. The first-order valence-electron chi connectivity index (χ1n) is 6.46. The van der Waals surface area contributed by atoms with Crippen LogP contribution >= 0.6 is 0 Å². The average Bonchev–Trinajstić information content (AvgIpc) is 2.80. The molecule has 0 amide bonds. The predicted octanol–water partition coefficient (Wildman–Crippen LogP) is 2.65. The molecule has 4 nitrogen and oxygen atoms in total. The van der Waals surface area contributed by atoms with Crippen LogP contribution in [0.1, 0.15) is 11.4 Å². The Balaban J connectivity index is 1.87. The van der Waals surface area contributed by atoms with E-state index in [0.29, 0.717) is 25.1 Å². The minimum Gasteiger partial charge on any atom is -0.405 e. The van der Waals surface area contributed by atoms with Crippen LogP contribution < -0.4 is 10.1 Å². The molecule has 2 rings (SSSR count). The second kappa shape index (κ2) is 6.62. The number of hydrogen-bond donors (Lipinski definition) is 1. The zero-order chi connectivity index (χ0) is 15.3. The van der Waals surface area contributed by atoms with Crippen molar-refractivity contribution in [2.75, 3.05) is 6.54 Å². The van der Waals surface area contributed by atoms with E-state index >= 15 is 0 Å². The SMILES string of the molecule is Cn1ccnc1CCNCc1ccccc1OC(F)(F)F. The summed E-state index contributed by atoms with van der Waals surface area (Å²) in [5.74, 6) is 0.747. The molecule has 7 heteroatoms.